The van der Waals surface area contributed by atoms with Crippen LogP contribution in [-0.4, -0.2) is 57.2 Å². The summed E-state index contributed by atoms with van der Waals surface area (Å²) in [6.45, 7) is 2.66. The predicted molar refractivity (Wildman–Crippen MR) is 162 cm³/mol. The molecule has 2 aliphatic rings. The number of rotatable bonds is 6. The molecule has 9 heteroatoms. The van der Waals surface area contributed by atoms with Crippen molar-refractivity contribution >= 4 is 29.0 Å². The number of piperazine rings is 1. The minimum absolute atomic E-state index is 0.0944. The topological polar surface area (TPSA) is 92.4 Å². The molecule has 0 bridgehead atoms. The lowest BCUT2D eigenvalue weighted by Crippen LogP contribution is -2.50. The number of benzene rings is 4. The Balaban J connectivity index is 1.07. The minimum Gasteiger partial charge on any atom is -0.497 e. The summed E-state index contributed by atoms with van der Waals surface area (Å²) in [5, 5.41) is 5.66. The van der Waals surface area contributed by atoms with Crippen LogP contribution in [0, 0.1) is 0 Å². The average molecular weight is 565 g/mol. The number of hydrogen-bond acceptors (Lipinski definition) is 6. The van der Waals surface area contributed by atoms with E-state index in [1.54, 1.807) is 25.3 Å². The maximum Gasteiger partial charge on any atom is 0.323 e. The Kier molecular flexibility index (Phi) is 7.55. The van der Waals surface area contributed by atoms with Crippen molar-refractivity contribution in [3.8, 4) is 23.0 Å². The van der Waals surface area contributed by atoms with Crippen LogP contribution in [0.25, 0.3) is 0 Å². The number of ether oxygens (including phenoxy) is 3. The highest BCUT2D eigenvalue weighted by Gasteiger charge is 2.36. The lowest BCUT2D eigenvalue weighted by atomic mass is 9.86. The summed E-state index contributed by atoms with van der Waals surface area (Å²) in [5.41, 5.74) is 4.04. The van der Waals surface area contributed by atoms with E-state index < -0.39 is 0 Å². The van der Waals surface area contributed by atoms with Crippen molar-refractivity contribution in [3.63, 3.8) is 0 Å². The SMILES string of the molecule is COc1ccc(NC(=O)Nc2ccc(N3CCN(C(=O)C4c5ccccc5Oc5ccccc54)CC3)cc2)c(OC)c1. The molecule has 0 saturated carbocycles. The Morgan fingerprint density at radius 3 is 2.02 bits per heavy atom. The van der Waals surface area contributed by atoms with Gasteiger partial charge in [0.15, 0.2) is 0 Å². The van der Waals surface area contributed by atoms with Crippen LogP contribution < -0.4 is 29.7 Å². The zero-order chi connectivity index (χ0) is 29.1. The zero-order valence-electron chi connectivity index (χ0n) is 23.5. The van der Waals surface area contributed by atoms with Gasteiger partial charge in [0.2, 0.25) is 5.91 Å². The molecule has 0 aliphatic carbocycles. The summed E-state index contributed by atoms with van der Waals surface area (Å²) in [6, 6.07) is 28.1. The highest BCUT2D eigenvalue weighted by atomic mass is 16.5. The number of amides is 3. The fraction of sp³-hybridized carbons (Fsp3) is 0.212. The van der Waals surface area contributed by atoms with Gasteiger partial charge in [-0.15, -0.1) is 0 Å². The second kappa shape index (κ2) is 11.7. The number of carbonyl (C=O) groups excluding carboxylic acids is 2. The van der Waals surface area contributed by atoms with E-state index in [4.69, 9.17) is 14.2 Å². The molecule has 9 nitrogen and oxygen atoms in total. The summed E-state index contributed by atoms with van der Waals surface area (Å²) < 4.78 is 16.6. The first-order valence-electron chi connectivity index (χ1n) is 13.8. The van der Waals surface area contributed by atoms with Crippen LogP contribution in [0.4, 0.5) is 21.9 Å². The zero-order valence-corrected chi connectivity index (χ0v) is 23.5. The van der Waals surface area contributed by atoms with Crippen LogP contribution in [0.5, 0.6) is 23.0 Å². The van der Waals surface area contributed by atoms with Crippen LogP contribution in [0.2, 0.25) is 0 Å². The van der Waals surface area contributed by atoms with Gasteiger partial charge in [-0.25, -0.2) is 4.79 Å². The first-order chi connectivity index (χ1) is 20.5. The van der Waals surface area contributed by atoms with Crippen molar-refractivity contribution in [1.82, 2.24) is 4.90 Å². The molecule has 0 atom stereocenters. The Labute approximate surface area is 244 Å². The van der Waals surface area contributed by atoms with Crippen molar-refractivity contribution in [2.45, 2.75) is 5.92 Å². The van der Waals surface area contributed by atoms with Crippen molar-refractivity contribution in [3.05, 3.63) is 102 Å². The van der Waals surface area contributed by atoms with E-state index in [2.05, 4.69) is 15.5 Å². The number of methoxy groups -OCH3 is 2. The third-order valence-corrected chi connectivity index (χ3v) is 7.67. The number of fused-ring (bicyclic) bond motifs is 2. The molecule has 0 unspecified atom stereocenters. The molecule has 4 aromatic carbocycles. The Hall–Kier alpha value is -5.18. The summed E-state index contributed by atoms with van der Waals surface area (Å²) >= 11 is 0. The van der Waals surface area contributed by atoms with Crippen molar-refractivity contribution in [1.29, 1.82) is 0 Å². The van der Waals surface area contributed by atoms with Gasteiger partial charge in [0.1, 0.15) is 23.0 Å². The fourth-order valence-corrected chi connectivity index (χ4v) is 5.49. The molecule has 0 spiro atoms. The van der Waals surface area contributed by atoms with E-state index in [0.717, 1.165) is 28.3 Å². The van der Waals surface area contributed by atoms with Crippen LogP contribution in [0.15, 0.2) is 91.0 Å². The van der Waals surface area contributed by atoms with E-state index in [9.17, 15) is 9.59 Å². The van der Waals surface area contributed by atoms with Gasteiger partial charge in [0.05, 0.1) is 25.8 Å². The molecule has 1 saturated heterocycles. The van der Waals surface area contributed by atoms with Gasteiger partial charge in [-0.3, -0.25) is 4.79 Å². The van der Waals surface area contributed by atoms with Gasteiger partial charge < -0.3 is 34.6 Å². The molecule has 0 aromatic heterocycles. The monoisotopic (exact) mass is 564 g/mol. The number of hydrogen-bond donors (Lipinski definition) is 2. The molecule has 2 aliphatic heterocycles. The number of nitrogens with one attached hydrogen (secondary N) is 2. The van der Waals surface area contributed by atoms with Crippen molar-refractivity contribution in [2.24, 2.45) is 0 Å². The van der Waals surface area contributed by atoms with E-state index in [0.29, 0.717) is 49.1 Å². The quantitative estimate of drug-likeness (QED) is 0.302. The van der Waals surface area contributed by atoms with Gasteiger partial charge in [-0.1, -0.05) is 36.4 Å². The third kappa shape index (κ3) is 5.41. The number of anilines is 3. The van der Waals surface area contributed by atoms with Crippen LogP contribution >= 0.6 is 0 Å². The second-order valence-corrected chi connectivity index (χ2v) is 10.1. The highest BCUT2D eigenvalue weighted by molar-refractivity contribution is 6.00. The van der Waals surface area contributed by atoms with Gasteiger partial charge in [0, 0.05) is 54.7 Å². The minimum atomic E-state index is -0.382. The maximum absolute atomic E-state index is 13.9. The summed E-state index contributed by atoms with van der Waals surface area (Å²) in [7, 11) is 3.11. The average Bonchev–Trinajstić information content (AvgIpc) is 3.04. The van der Waals surface area contributed by atoms with Crippen LogP contribution in [0.1, 0.15) is 17.0 Å². The van der Waals surface area contributed by atoms with Crippen LogP contribution in [-0.2, 0) is 4.79 Å². The maximum atomic E-state index is 13.9. The molecule has 1 fully saturated rings. The van der Waals surface area contributed by atoms with E-state index in [1.807, 2.05) is 77.7 Å². The van der Waals surface area contributed by atoms with Gasteiger partial charge >= 0.3 is 6.03 Å². The standard InChI is InChI=1S/C33H32N4O5/c1-40-24-15-16-27(30(21-24)41-2)35-33(39)34-22-11-13-23(14-12-22)36-17-19-37(20-18-36)32(38)31-25-7-3-5-9-28(25)42-29-10-6-4-8-26(29)31/h3-16,21,31H,17-20H2,1-2H3,(H2,34,35,39). The third-order valence-electron chi connectivity index (χ3n) is 7.67. The second-order valence-electron chi connectivity index (χ2n) is 10.1. The molecule has 2 heterocycles. The highest BCUT2D eigenvalue weighted by Crippen LogP contribution is 2.44. The summed E-state index contributed by atoms with van der Waals surface area (Å²) in [5.74, 6) is 2.32. The number of carbonyl (C=O) groups is 2. The van der Waals surface area contributed by atoms with Crippen molar-refractivity contribution in [2.75, 3.05) is 55.9 Å². The van der Waals surface area contributed by atoms with Crippen LogP contribution in [0.3, 0.4) is 0 Å². The molecule has 42 heavy (non-hydrogen) atoms. The molecular formula is C33H32N4O5. The molecule has 4 aromatic rings. The number of nitrogens with zero attached hydrogens (tertiary/aromatic N) is 2. The largest absolute Gasteiger partial charge is 0.497 e. The normalized spacial score (nSPS) is 14.2. The Morgan fingerprint density at radius 1 is 0.762 bits per heavy atom. The molecule has 3 amide bonds. The molecule has 0 radical (unpaired) electrons. The van der Waals surface area contributed by atoms with Gasteiger partial charge in [-0.05, 0) is 48.5 Å². The lowest BCUT2D eigenvalue weighted by Gasteiger charge is -2.38. The molecule has 6 rings (SSSR count). The summed E-state index contributed by atoms with van der Waals surface area (Å²) in [6.07, 6.45) is 0. The summed E-state index contributed by atoms with van der Waals surface area (Å²) in [4.78, 5) is 30.7. The predicted octanol–water partition coefficient (Wildman–Crippen LogP) is 5.93. The number of urea groups is 1. The smallest absolute Gasteiger partial charge is 0.323 e. The lowest BCUT2D eigenvalue weighted by molar-refractivity contribution is -0.132. The fourth-order valence-electron chi connectivity index (χ4n) is 5.49. The van der Waals surface area contributed by atoms with Gasteiger partial charge in [0.25, 0.3) is 0 Å². The molecule has 2 N–H and O–H groups in total. The van der Waals surface area contributed by atoms with Crippen molar-refractivity contribution < 1.29 is 23.8 Å². The molecular weight excluding hydrogens is 532 g/mol. The first kappa shape index (κ1) is 27.0. The Morgan fingerprint density at radius 2 is 1.40 bits per heavy atom. The molecule has 214 valence electrons. The first-order valence-corrected chi connectivity index (χ1v) is 13.8. The Bertz CT molecular complexity index is 1550. The van der Waals surface area contributed by atoms with E-state index in [1.165, 1.54) is 7.11 Å². The van der Waals surface area contributed by atoms with Gasteiger partial charge in [-0.2, -0.15) is 0 Å². The number of para-hydroxylation sites is 2. The van der Waals surface area contributed by atoms with E-state index in [-0.39, 0.29) is 17.9 Å². The van der Waals surface area contributed by atoms with E-state index >= 15 is 0 Å².